The van der Waals surface area contributed by atoms with Crippen molar-refractivity contribution in [2.24, 2.45) is 11.8 Å². The smallest absolute Gasteiger partial charge is 0.171 e. The fraction of sp³-hybridized carbons (Fsp3) is 0.583. The van der Waals surface area contributed by atoms with Crippen molar-refractivity contribution in [3.05, 3.63) is 17.4 Å². The van der Waals surface area contributed by atoms with Crippen molar-refractivity contribution in [1.29, 1.82) is 0 Å². The molecule has 0 unspecified atom stereocenters. The lowest BCUT2D eigenvalue weighted by atomic mass is 10.0. The molecule has 2 saturated heterocycles. The average molecular weight is 254 g/mol. The second-order valence-corrected chi connectivity index (χ2v) is 5.13. The number of anilines is 1. The number of nitrogens with zero attached hydrogens (tertiary/aromatic N) is 2. The number of nitrogens with one attached hydrogen (secondary N) is 1. The first-order valence-corrected chi connectivity index (χ1v) is 6.31. The van der Waals surface area contributed by atoms with Gasteiger partial charge in [0.05, 0.1) is 19.0 Å². The highest BCUT2D eigenvalue weighted by atomic mass is 35.5. The first kappa shape index (κ1) is 11.1. The summed E-state index contributed by atoms with van der Waals surface area (Å²) in [5, 5.41) is 3.87. The molecule has 5 heteroatoms. The van der Waals surface area contributed by atoms with Crippen molar-refractivity contribution in [3.8, 4) is 5.75 Å². The number of halogens is 1. The first-order valence-electron chi connectivity index (χ1n) is 5.93. The fourth-order valence-electron chi connectivity index (χ4n) is 2.80. The Kier molecular flexibility index (Phi) is 2.84. The third-order valence-electron chi connectivity index (χ3n) is 3.77. The summed E-state index contributed by atoms with van der Waals surface area (Å²) in [4.78, 5) is 6.55. The van der Waals surface area contributed by atoms with Gasteiger partial charge in [0, 0.05) is 32.2 Å². The summed E-state index contributed by atoms with van der Waals surface area (Å²) in [7, 11) is 1.62. The molecule has 0 aliphatic carbocycles. The molecule has 4 nitrogen and oxygen atoms in total. The molecule has 0 spiro atoms. The topological polar surface area (TPSA) is 37.4 Å². The van der Waals surface area contributed by atoms with Crippen LogP contribution in [0.2, 0.25) is 5.15 Å². The minimum atomic E-state index is 0.428. The molecule has 92 valence electrons. The van der Waals surface area contributed by atoms with Crippen molar-refractivity contribution >= 4 is 17.3 Å². The van der Waals surface area contributed by atoms with Gasteiger partial charge in [-0.25, -0.2) is 4.98 Å². The third kappa shape index (κ3) is 1.96. The maximum Gasteiger partial charge on any atom is 0.171 e. The quantitative estimate of drug-likeness (QED) is 0.809. The molecule has 0 aromatic carbocycles. The summed E-state index contributed by atoms with van der Waals surface area (Å²) < 4.78 is 5.21. The van der Waals surface area contributed by atoms with Crippen LogP contribution >= 0.6 is 11.6 Å². The molecule has 1 aromatic heterocycles. The number of ether oxygens (including phenoxy) is 1. The lowest BCUT2D eigenvalue weighted by molar-refractivity contribution is 0.413. The van der Waals surface area contributed by atoms with E-state index in [2.05, 4.69) is 15.2 Å². The van der Waals surface area contributed by atoms with Crippen molar-refractivity contribution in [2.45, 2.75) is 0 Å². The Morgan fingerprint density at radius 3 is 2.76 bits per heavy atom. The number of methoxy groups -OCH3 is 1. The highest BCUT2D eigenvalue weighted by molar-refractivity contribution is 6.30. The molecule has 0 bridgehead atoms. The predicted octanol–water partition coefficient (Wildman–Crippen LogP) is 1.40. The fourth-order valence-corrected chi connectivity index (χ4v) is 2.98. The zero-order chi connectivity index (χ0) is 11.8. The number of rotatable bonds is 2. The molecule has 2 aliphatic heterocycles. The minimum absolute atomic E-state index is 0.428. The third-order valence-corrected chi connectivity index (χ3v) is 4.05. The zero-order valence-electron chi connectivity index (χ0n) is 9.82. The highest BCUT2D eigenvalue weighted by Crippen LogP contribution is 2.33. The van der Waals surface area contributed by atoms with Crippen molar-refractivity contribution in [3.63, 3.8) is 0 Å². The van der Waals surface area contributed by atoms with Crippen molar-refractivity contribution < 1.29 is 4.74 Å². The van der Waals surface area contributed by atoms with Gasteiger partial charge in [-0.1, -0.05) is 11.6 Å². The van der Waals surface area contributed by atoms with Crippen LogP contribution < -0.4 is 15.0 Å². The van der Waals surface area contributed by atoms with Crippen LogP contribution in [0, 0.1) is 11.8 Å². The monoisotopic (exact) mass is 253 g/mol. The maximum absolute atomic E-state index is 5.93. The van der Waals surface area contributed by atoms with Gasteiger partial charge >= 0.3 is 0 Å². The van der Waals surface area contributed by atoms with Gasteiger partial charge in [0.2, 0.25) is 0 Å². The lowest BCUT2D eigenvalue weighted by Crippen LogP contribution is -2.25. The van der Waals surface area contributed by atoms with Gasteiger partial charge in [-0.3, -0.25) is 0 Å². The van der Waals surface area contributed by atoms with E-state index in [0.717, 1.165) is 43.7 Å². The molecule has 3 heterocycles. The zero-order valence-corrected chi connectivity index (χ0v) is 10.6. The number of pyridine rings is 1. The van der Waals surface area contributed by atoms with E-state index in [1.54, 1.807) is 7.11 Å². The molecule has 0 saturated carbocycles. The second kappa shape index (κ2) is 4.35. The highest BCUT2D eigenvalue weighted by Gasteiger charge is 2.36. The summed E-state index contributed by atoms with van der Waals surface area (Å²) in [5.74, 6) is 2.20. The molecule has 0 amide bonds. The Bertz CT molecular complexity index is 414. The normalized spacial score (nSPS) is 27.3. The van der Waals surface area contributed by atoms with Gasteiger partial charge in [-0.05, 0) is 11.8 Å². The Balaban J connectivity index is 1.81. The van der Waals surface area contributed by atoms with Crippen molar-refractivity contribution in [1.82, 2.24) is 10.3 Å². The van der Waals surface area contributed by atoms with Gasteiger partial charge in [0.1, 0.15) is 0 Å². The van der Waals surface area contributed by atoms with E-state index in [9.17, 15) is 0 Å². The van der Waals surface area contributed by atoms with Crippen LogP contribution in [0.25, 0.3) is 0 Å². The second-order valence-electron chi connectivity index (χ2n) is 4.77. The Morgan fingerprint density at radius 2 is 2.12 bits per heavy atom. The van der Waals surface area contributed by atoms with E-state index in [0.29, 0.717) is 10.9 Å². The lowest BCUT2D eigenvalue weighted by Gasteiger charge is -2.20. The molecule has 2 atom stereocenters. The molecule has 2 fully saturated rings. The Hall–Kier alpha value is -1.00. The van der Waals surface area contributed by atoms with E-state index < -0.39 is 0 Å². The maximum atomic E-state index is 5.93. The van der Waals surface area contributed by atoms with Crippen LogP contribution in [-0.2, 0) is 0 Å². The van der Waals surface area contributed by atoms with Crippen LogP contribution in [0.1, 0.15) is 0 Å². The van der Waals surface area contributed by atoms with Crippen LogP contribution in [-0.4, -0.2) is 38.3 Å². The summed E-state index contributed by atoms with van der Waals surface area (Å²) in [6, 6.07) is 1.98. The number of hydrogen-bond acceptors (Lipinski definition) is 4. The van der Waals surface area contributed by atoms with Gasteiger partial charge in [-0.2, -0.15) is 0 Å². The van der Waals surface area contributed by atoms with E-state index >= 15 is 0 Å². The standard InChI is InChI=1S/C12H16ClN3O/c1-17-11-2-10(5-15-12(11)13)16-6-8-3-14-4-9(8)7-16/h2,5,8-9,14H,3-4,6-7H2,1H3/t8-,9+. The molecular weight excluding hydrogens is 238 g/mol. The van der Waals surface area contributed by atoms with E-state index in [4.69, 9.17) is 16.3 Å². The molecule has 17 heavy (non-hydrogen) atoms. The van der Waals surface area contributed by atoms with E-state index in [1.807, 2.05) is 12.3 Å². The minimum Gasteiger partial charge on any atom is -0.493 e. The van der Waals surface area contributed by atoms with Crippen LogP contribution in [0.15, 0.2) is 12.3 Å². The van der Waals surface area contributed by atoms with Gasteiger partial charge in [0.25, 0.3) is 0 Å². The predicted molar refractivity (Wildman–Crippen MR) is 67.9 cm³/mol. The van der Waals surface area contributed by atoms with Gasteiger partial charge in [-0.15, -0.1) is 0 Å². The largest absolute Gasteiger partial charge is 0.493 e. The SMILES string of the molecule is COc1cc(N2C[C@H]3CNC[C@H]3C2)cnc1Cl. The molecule has 2 aliphatic rings. The number of hydrogen-bond donors (Lipinski definition) is 1. The molecular formula is C12H16ClN3O. The Labute approximate surface area is 106 Å². The first-order chi connectivity index (χ1) is 8.28. The number of aromatic nitrogens is 1. The molecule has 0 radical (unpaired) electrons. The van der Waals surface area contributed by atoms with Gasteiger partial charge < -0.3 is 15.0 Å². The average Bonchev–Trinajstić information content (AvgIpc) is 2.90. The summed E-state index contributed by atoms with van der Waals surface area (Å²) in [5.41, 5.74) is 1.11. The summed E-state index contributed by atoms with van der Waals surface area (Å²) in [6.45, 7) is 4.48. The summed E-state index contributed by atoms with van der Waals surface area (Å²) >= 11 is 5.93. The van der Waals surface area contributed by atoms with E-state index in [1.165, 1.54) is 0 Å². The van der Waals surface area contributed by atoms with Gasteiger partial charge in [0.15, 0.2) is 10.9 Å². The van der Waals surface area contributed by atoms with E-state index in [-0.39, 0.29) is 0 Å². The molecule has 1 N–H and O–H groups in total. The van der Waals surface area contributed by atoms with Crippen molar-refractivity contribution in [2.75, 3.05) is 38.2 Å². The van der Waals surface area contributed by atoms with Crippen LogP contribution in [0.3, 0.4) is 0 Å². The Morgan fingerprint density at radius 1 is 1.41 bits per heavy atom. The van der Waals surface area contributed by atoms with Crippen LogP contribution in [0.4, 0.5) is 5.69 Å². The summed E-state index contributed by atoms with van der Waals surface area (Å²) in [6.07, 6.45) is 1.83. The molecule has 3 rings (SSSR count). The van der Waals surface area contributed by atoms with Crippen LogP contribution in [0.5, 0.6) is 5.75 Å². The number of fused-ring (bicyclic) bond motifs is 1. The molecule has 1 aromatic rings.